The Morgan fingerprint density at radius 1 is 1.03 bits per heavy atom. The van der Waals surface area contributed by atoms with Gasteiger partial charge in [-0.05, 0) is 57.0 Å². The quantitative estimate of drug-likeness (QED) is 0.558. The number of rotatable bonds is 9. The highest BCUT2D eigenvalue weighted by molar-refractivity contribution is 7.85. The van der Waals surface area contributed by atoms with Crippen molar-refractivity contribution in [3.05, 3.63) is 42.0 Å². The topological polar surface area (TPSA) is 66.4 Å². The van der Waals surface area contributed by atoms with Gasteiger partial charge in [-0.15, -0.1) is 0 Å². The lowest BCUT2D eigenvalue weighted by Crippen LogP contribution is -2.23. The maximum absolute atomic E-state index is 12.5. The van der Waals surface area contributed by atoms with Gasteiger partial charge in [0.25, 0.3) is 0 Å². The molecule has 0 radical (unpaired) electrons. The van der Waals surface area contributed by atoms with Crippen LogP contribution in [0.15, 0.2) is 46.3 Å². The van der Waals surface area contributed by atoms with Crippen LogP contribution in [-0.4, -0.2) is 37.2 Å². The van der Waals surface area contributed by atoms with Crippen LogP contribution >= 0.6 is 0 Å². The Labute approximate surface area is 174 Å². The lowest BCUT2D eigenvalue weighted by Gasteiger charge is -2.29. The van der Waals surface area contributed by atoms with Crippen molar-refractivity contribution in [2.75, 3.05) is 26.6 Å². The van der Waals surface area contributed by atoms with E-state index >= 15 is 0 Å². The summed E-state index contributed by atoms with van der Waals surface area (Å²) in [6, 6.07) is 11.2. The molecule has 1 aliphatic rings. The molecule has 1 unspecified atom stereocenters. The first kappa shape index (κ1) is 21.2. The summed E-state index contributed by atoms with van der Waals surface area (Å²) in [7, 11) is 2.06. The average Bonchev–Trinajstić information content (AvgIpc) is 2.73. The minimum Gasteiger partial charge on any atom is -0.494 e. The van der Waals surface area contributed by atoms with Crippen molar-refractivity contribution in [2.45, 2.75) is 37.2 Å². The molecule has 1 atom stereocenters. The standard InChI is InChI=1S/C22H27NO5S/c1-22(2)18-13-16(7-9-19(18)23-15-28-22)27-11-5-6-12-29(24)17-8-10-20(25-3)21(14-17)26-4/h7-10,13-15H,5-6,11-12H2,1-4H3. The number of benzene rings is 2. The molecular weight excluding hydrogens is 390 g/mol. The Bertz CT molecular complexity index is 910. The van der Waals surface area contributed by atoms with E-state index in [9.17, 15) is 4.21 Å². The van der Waals surface area contributed by atoms with Gasteiger partial charge in [0.2, 0.25) is 0 Å². The van der Waals surface area contributed by atoms with E-state index in [1.807, 2.05) is 38.1 Å². The van der Waals surface area contributed by atoms with E-state index in [2.05, 4.69) is 4.99 Å². The second kappa shape index (κ2) is 9.31. The van der Waals surface area contributed by atoms with E-state index < -0.39 is 16.4 Å². The zero-order chi connectivity index (χ0) is 20.9. The molecule has 1 aliphatic heterocycles. The molecule has 0 saturated heterocycles. The van der Waals surface area contributed by atoms with Crippen LogP contribution < -0.4 is 14.2 Å². The summed E-state index contributed by atoms with van der Waals surface area (Å²) >= 11 is 0. The number of hydrogen-bond acceptors (Lipinski definition) is 6. The molecule has 0 amide bonds. The largest absolute Gasteiger partial charge is 0.494 e. The first-order chi connectivity index (χ1) is 13.9. The van der Waals surface area contributed by atoms with Crippen molar-refractivity contribution in [1.29, 1.82) is 0 Å². The van der Waals surface area contributed by atoms with Crippen LogP contribution in [0.5, 0.6) is 17.2 Å². The molecule has 2 aromatic carbocycles. The summed E-state index contributed by atoms with van der Waals surface area (Å²) in [4.78, 5) is 4.99. The summed E-state index contributed by atoms with van der Waals surface area (Å²) < 4.78 is 34.5. The summed E-state index contributed by atoms with van der Waals surface area (Å²) in [6.45, 7) is 4.57. The zero-order valence-electron chi connectivity index (χ0n) is 17.3. The molecule has 3 rings (SSSR count). The normalized spacial score (nSPS) is 15.2. The van der Waals surface area contributed by atoms with Gasteiger partial charge in [0.1, 0.15) is 11.4 Å². The predicted octanol–water partition coefficient (Wildman–Crippen LogP) is 4.60. The number of methoxy groups -OCH3 is 2. The van der Waals surface area contributed by atoms with Crippen LogP contribution in [0.25, 0.3) is 0 Å². The molecule has 1 heterocycles. The Kier molecular flexibility index (Phi) is 6.79. The molecular formula is C22H27NO5S. The Hall–Kier alpha value is -2.54. The molecule has 7 heteroatoms. The number of aliphatic imine (C=N–C) groups is 1. The summed E-state index contributed by atoms with van der Waals surface area (Å²) in [6.07, 6.45) is 3.10. The molecule has 0 spiro atoms. The van der Waals surface area contributed by atoms with Crippen LogP contribution in [0.4, 0.5) is 5.69 Å². The van der Waals surface area contributed by atoms with E-state index in [0.717, 1.165) is 34.7 Å². The van der Waals surface area contributed by atoms with Gasteiger partial charge in [-0.25, -0.2) is 4.99 Å². The van der Waals surface area contributed by atoms with Crippen molar-refractivity contribution >= 4 is 22.9 Å². The van der Waals surface area contributed by atoms with Crippen molar-refractivity contribution in [3.63, 3.8) is 0 Å². The minimum absolute atomic E-state index is 0.424. The van der Waals surface area contributed by atoms with Gasteiger partial charge in [-0.2, -0.15) is 0 Å². The highest BCUT2D eigenvalue weighted by Crippen LogP contribution is 2.37. The molecule has 0 aromatic heterocycles. The zero-order valence-corrected chi connectivity index (χ0v) is 18.1. The molecule has 2 aromatic rings. The van der Waals surface area contributed by atoms with E-state index in [1.54, 1.807) is 26.4 Å². The summed E-state index contributed by atoms with van der Waals surface area (Å²) in [5.74, 6) is 2.58. The molecule has 29 heavy (non-hydrogen) atoms. The van der Waals surface area contributed by atoms with Crippen LogP contribution in [0, 0.1) is 0 Å². The van der Waals surface area contributed by atoms with Gasteiger partial charge < -0.3 is 18.9 Å². The third-order valence-corrected chi connectivity index (χ3v) is 6.21. The second-order valence-corrected chi connectivity index (χ2v) is 8.73. The number of ether oxygens (including phenoxy) is 4. The molecule has 156 valence electrons. The fraction of sp³-hybridized carbons (Fsp3) is 0.409. The van der Waals surface area contributed by atoms with Crippen LogP contribution in [-0.2, 0) is 21.1 Å². The van der Waals surface area contributed by atoms with E-state index in [4.69, 9.17) is 18.9 Å². The molecule has 0 fully saturated rings. The highest BCUT2D eigenvalue weighted by Gasteiger charge is 2.27. The second-order valence-electron chi connectivity index (χ2n) is 7.16. The van der Waals surface area contributed by atoms with Crippen molar-refractivity contribution in [1.82, 2.24) is 0 Å². The third kappa shape index (κ3) is 5.09. The number of unbranched alkanes of at least 4 members (excludes halogenated alkanes) is 1. The van der Waals surface area contributed by atoms with Gasteiger partial charge in [0.05, 0.1) is 37.3 Å². The predicted molar refractivity (Wildman–Crippen MR) is 114 cm³/mol. The molecule has 0 aliphatic carbocycles. The number of nitrogens with zero attached hydrogens (tertiary/aromatic N) is 1. The summed E-state index contributed by atoms with van der Waals surface area (Å²) in [5, 5.41) is 0. The first-order valence-electron chi connectivity index (χ1n) is 9.52. The van der Waals surface area contributed by atoms with Crippen molar-refractivity contribution in [3.8, 4) is 17.2 Å². The maximum Gasteiger partial charge on any atom is 0.175 e. The van der Waals surface area contributed by atoms with Gasteiger partial charge in [0.15, 0.2) is 17.9 Å². The first-order valence-corrected chi connectivity index (χ1v) is 10.8. The molecule has 6 nitrogen and oxygen atoms in total. The molecule has 0 saturated carbocycles. The monoisotopic (exact) mass is 417 g/mol. The maximum atomic E-state index is 12.5. The molecule has 0 bridgehead atoms. The Morgan fingerprint density at radius 3 is 2.59 bits per heavy atom. The Morgan fingerprint density at radius 2 is 1.83 bits per heavy atom. The number of hydrogen-bond donors (Lipinski definition) is 0. The minimum atomic E-state index is -1.09. The van der Waals surface area contributed by atoms with Crippen LogP contribution in [0.3, 0.4) is 0 Å². The van der Waals surface area contributed by atoms with E-state index in [0.29, 0.717) is 23.9 Å². The molecule has 0 N–H and O–H groups in total. The van der Waals surface area contributed by atoms with Gasteiger partial charge in [-0.3, -0.25) is 4.21 Å². The van der Waals surface area contributed by atoms with Crippen molar-refractivity contribution in [2.24, 2.45) is 4.99 Å². The van der Waals surface area contributed by atoms with E-state index in [-0.39, 0.29) is 0 Å². The lowest BCUT2D eigenvalue weighted by atomic mass is 9.95. The highest BCUT2D eigenvalue weighted by atomic mass is 32.2. The smallest absolute Gasteiger partial charge is 0.175 e. The lowest BCUT2D eigenvalue weighted by molar-refractivity contribution is 0.0998. The van der Waals surface area contributed by atoms with Gasteiger partial charge in [-0.1, -0.05) is 0 Å². The fourth-order valence-electron chi connectivity index (χ4n) is 3.08. The van der Waals surface area contributed by atoms with E-state index in [1.165, 1.54) is 6.40 Å². The van der Waals surface area contributed by atoms with Gasteiger partial charge in [0, 0.05) is 22.3 Å². The van der Waals surface area contributed by atoms with Crippen LogP contribution in [0.1, 0.15) is 32.3 Å². The van der Waals surface area contributed by atoms with Gasteiger partial charge >= 0.3 is 0 Å². The van der Waals surface area contributed by atoms with Crippen molar-refractivity contribution < 1.29 is 23.2 Å². The SMILES string of the molecule is COc1ccc(S(=O)CCCCOc2ccc3c(c2)C(C)(C)OC=N3)cc1OC. The Balaban J connectivity index is 1.48. The third-order valence-electron chi connectivity index (χ3n) is 4.77. The fourth-order valence-corrected chi connectivity index (χ4v) is 4.24. The average molecular weight is 418 g/mol. The summed E-state index contributed by atoms with van der Waals surface area (Å²) in [5.41, 5.74) is 1.48. The van der Waals surface area contributed by atoms with Crippen LogP contribution in [0.2, 0.25) is 0 Å². The number of fused-ring (bicyclic) bond motifs is 1.